The molecule has 0 aliphatic heterocycles. The van der Waals surface area contributed by atoms with Gasteiger partial charge in [-0.15, -0.1) is 11.3 Å². The third-order valence-electron chi connectivity index (χ3n) is 5.79. The second kappa shape index (κ2) is 9.49. The number of ether oxygens (including phenoxy) is 2. The van der Waals surface area contributed by atoms with Gasteiger partial charge in [-0.05, 0) is 47.5 Å². The Hall–Kier alpha value is -4.34. The zero-order valence-electron chi connectivity index (χ0n) is 18.9. The Morgan fingerprint density at radius 2 is 0.743 bits per heavy atom. The Bertz CT molecular complexity index is 1440. The van der Waals surface area contributed by atoms with Gasteiger partial charge in [0.15, 0.2) is 11.5 Å². The van der Waals surface area contributed by atoms with Crippen LogP contribution in [0, 0.1) is 0 Å². The van der Waals surface area contributed by atoms with Crippen molar-refractivity contribution >= 4 is 22.1 Å². The van der Waals surface area contributed by atoms with Crippen LogP contribution in [0.5, 0.6) is 23.0 Å². The number of para-hydroxylation sites is 2. The zero-order chi connectivity index (χ0) is 23.5. The Morgan fingerprint density at radius 1 is 0.400 bits per heavy atom. The first kappa shape index (κ1) is 21.2. The van der Waals surface area contributed by atoms with Crippen LogP contribution in [0.25, 0.3) is 31.7 Å². The highest BCUT2D eigenvalue weighted by molar-refractivity contribution is 7.21. The van der Waals surface area contributed by atoms with Crippen molar-refractivity contribution < 1.29 is 9.47 Å². The van der Waals surface area contributed by atoms with Gasteiger partial charge in [0.05, 0.1) is 0 Å². The minimum Gasteiger partial charge on any atom is -0.453 e. The van der Waals surface area contributed by atoms with E-state index in [2.05, 4.69) is 60.7 Å². The summed E-state index contributed by atoms with van der Waals surface area (Å²) in [5.41, 5.74) is 2.37. The highest BCUT2D eigenvalue weighted by atomic mass is 32.1. The fraction of sp³-hybridized carbons (Fsp3) is 0. The molecule has 2 nitrogen and oxygen atoms in total. The van der Waals surface area contributed by atoms with E-state index in [-0.39, 0.29) is 0 Å². The van der Waals surface area contributed by atoms with E-state index in [4.69, 9.17) is 9.47 Å². The van der Waals surface area contributed by atoms with Crippen molar-refractivity contribution in [1.29, 1.82) is 0 Å². The van der Waals surface area contributed by atoms with Crippen molar-refractivity contribution in [2.24, 2.45) is 0 Å². The quantitative estimate of drug-likeness (QED) is 0.241. The summed E-state index contributed by atoms with van der Waals surface area (Å²) in [6, 6.07) is 45.0. The van der Waals surface area contributed by atoms with Gasteiger partial charge in [-0.3, -0.25) is 0 Å². The topological polar surface area (TPSA) is 18.5 Å². The Kier molecular flexibility index (Phi) is 5.75. The van der Waals surface area contributed by atoms with Gasteiger partial charge in [0, 0.05) is 20.5 Å². The van der Waals surface area contributed by atoms with Crippen LogP contribution in [0.3, 0.4) is 0 Å². The number of rotatable bonds is 6. The maximum atomic E-state index is 6.38. The van der Waals surface area contributed by atoms with Crippen LogP contribution < -0.4 is 9.47 Å². The summed E-state index contributed by atoms with van der Waals surface area (Å²) >= 11 is 1.80. The molecule has 0 aliphatic carbocycles. The Morgan fingerprint density at radius 3 is 1.11 bits per heavy atom. The Labute approximate surface area is 208 Å². The molecule has 6 rings (SSSR count). The molecule has 0 unspecified atom stereocenters. The first-order valence-electron chi connectivity index (χ1n) is 11.5. The average Bonchev–Trinajstić information content (AvgIpc) is 3.29. The molecule has 35 heavy (non-hydrogen) atoms. The molecule has 6 aromatic rings. The molecule has 0 amide bonds. The number of hydrogen-bond donors (Lipinski definition) is 0. The molecule has 0 saturated heterocycles. The smallest absolute Gasteiger partial charge is 0.170 e. The van der Waals surface area contributed by atoms with Crippen LogP contribution in [-0.2, 0) is 0 Å². The molecule has 0 spiro atoms. The van der Waals surface area contributed by atoms with Crippen molar-refractivity contribution in [1.82, 2.24) is 0 Å². The van der Waals surface area contributed by atoms with Gasteiger partial charge in [0.2, 0.25) is 0 Å². The van der Waals surface area contributed by atoms with Gasteiger partial charge in [-0.25, -0.2) is 0 Å². The monoisotopic (exact) mass is 470 g/mol. The van der Waals surface area contributed by atoms with Crippen LogP contribution in [0.4, 0.5) is 0 Å². The molecule has 0 saturated carbocycles. The summed E-state index contributed by atoms with van der Waals surface area (Å²) in [4.78, 5) is 2.42. The van der Waals surface area contributed by atoms with Gasteiger partial charge < -0.3 is 9.47 Å². The minimum absolute atomic E-state index is 0.683. The predicted molar refractivity (Wildman–Crippen MR) is 146 cm³/mol. The summed E-state index contributed by atoms with van der Waals surface area (Å²) in [5, 5.41) is 2.29. The molecule has 3 heteroatoms. The van der Waals surface area contributed by atoms with E-state index < -0.39 is 0 Å². The van der Waals surface area contributed by atoms with Crippen molar-refractivity contribution in [2.45, 2.75) is 0 Å². The molecule has 0 bridgehead atoms. The number of benzene rings is 5. The second-order valence-corrected chi connectivity index (χ2v) is 9.19. The standard InChI is InChI=1S/C32H22O2S/c1-5-13-23(14-6-1)31-27-21-29(33-25-17-9-3-10-18-25)30(34-26-19-11-4-12-20-26)22-28(27)32(35-31)24-15-7-2-8-16-24/h1-22H. The summed E-state index contributed by atoms with van der Waals surface area (Å²) in [6.45, 7) is 0. The molecule has 1 heterocycles. The average molecular weight is 471 g/mol. The summed E-state index contributed by atoms with van der Waals surface area (Å²) in [5.74, 6) is 2.90. The molecular formula is C32H22O2S. The Balaban J connectivity index is 1.59. The molecule has 0 fully saturated rings. The van der Waals surface area contributed by atoms with Crippen molar-refractivity contribution in [2.75, 3.05) is 0 Å². The van der Waals surface area contributed by atoms with E-state index in [1.165, 1.54) is 20.9 Å². The van der Waals surface area contributed by atoms with Gasteiger partial charge in [0.1, 0.15) is 11.5 Å². The lowest BCUT2D eigenvalue weighted by molar-refractivity contribution is 0.420. The third-order valence-corrected chi connectivity index (χ3v) is 7.11. The summed E-state index contributed by atoms with van der Waals surface area (Å²) in [6.07, 6.45) is 0. The second-order valence-electron chi connectivity index (χ2n) is 8.17. The zero-order valence-corrected chi connectivity index (χ0v) is 19.7. The molecular weight excluding hydrogens is 448 g/mol. The third kappa shape index (κ3) is 4.42. The highest BCUT2D eigenvalue weighted by Gasteiger charge is 2.19. The normalized spacial score (nSPS) is 10.9. The van der Waals surface area contributed by atoms with E-state index in [1.54, 1.807) is 11.3 Å². The van der Waals surface area contributed by atoms with Crippen molar-refractivity contribution in [3.63, 3.8) is 0 Å². The van der Waals surface area contributed by atoms with E-state index in [0.717, 1.165) is 22.3 Å². The van der Waals surface area contributed by atoms with Gasteiger partial charge in [-0.2, -0.15) is 0 Å². The molecule has 5 aromatic carbocycles. The van der Waals surface area contributed by atoms with Crippen LogP contribution in [0.1, 0.15) is 0 Å². The molecule has 0 aliphatic rings. The van der Waals surface area contributed by atoms with Crippen molar-refractivity contribution in [3.05, 3.63) is 133 Å². The van der Waals surface area contributed by atoms with E-state index in [1.807, 2.05) is 72.8 Å². The molecule has 0 radical (unpaired) electrons. The van der Waals surface area contributed by atoms with Crippen LogP contribution in [0.2, 0.25) is 0 Å². The van der Waals surface area contributed by atoms with Crippen molar-refractivity contribution in [3.8, 4) is 43.9 Å². The maximum absolute atomic E-state index is 6.38. The largest absolute Gasteiger partial charge is 0.453 e. The van der Waals surface area contributed by atoms with Crippen LogP contribution >= 0.6 is 11.3 Å². The molecule has 168 valence electrons. The number of thiophene rings is 1. The lowest BCUT2D eigenvalue weighted by Crippen LogP contribution is -1.91. The number of fused-ring (bicyclic) bond motifs is 1. The summed E-state index contributed by atoms with van der Waals surface area (Å²) < 4.78 is 12.8. The SMILES string of the molecule is c1ccc(Oc2cc3c(-c4ccccc4)sc(-c4ccccc4)c3cc2Oc2ccccc2)cc1. The lowest BCUT2D eigenvalue weighted by Gasteiger charge is -2.14. The first-order valence-corrected chi connectivity index (χ1v) is 12.3. The van der Waals surface area contributed by atoms with E-state index >= 15 is 0 Å². The molecule has 0 N–H and O–H groups in total. The van der Waals surface area contributed by atoms with Crippen LogP contribution in [-0.4, -0.2) is 0 Å². The van der Waals surface area contributed by atoms with Gasteiger partial charge in [0.25, 0.3) is 0 Å². The molecule has 1 aromatic heterocycles. The fourth-order valence-corrected chi connectivity index (χ4v) is 5.42. The number of hydrogen-bond acceptors (Lipinski definition) is 3. The van der Waals surface area contributed by atoms with Gasteiger partial charge in [-0.1, -0.05) is 97.1 Å². The van der Waals surface area contributed by atoms with Gasteiger partial charge >= 0.3 is 0 Å². The first-order chi connectivity index (χ1) is 17.3. The van der Waals surface area contributed by atoms with E-state index in [9.17, 15) is 0 Å². The predicted octanol–water partition coefficient (Wildman–Crippen LogP) is 9.82. The maximum Gasteiger partial charge on any atom is 0.170 e. The highest BCUT2D eigenvalue weighted by Crippen LogP contribution is 2.49. The van der Waals surface area contributed by atoms with E-state index in [0.29, 0.717) is 11.5 Å². The minimum atomic E-state index is 0.683. The van der Waals surface area contributed by atoms with Crippen LogP contribution in [0.15, 0.2) is 133 Å². The summed E-state index contributed by atoms with van der Waals surface area (Å²) in [7, 11) is 0. The lowest BCUT2D eigenvalue weighted by atomic mass is 10.0. The molecule has 0 atom stereocenters. The fourth-order valence-electron chi connectivity index (χ4n) is 4.15.